The minimum atomic E-state index is 0.583. The molecule has 134 valence electrons. The molecule has 0 aromatic heterocycles. The highest BCUT2D eigenvalue weighted by Gasteiger charge is 1.99. The molecule has 25 heavy (non-hydrogen) atoms. The van der Waals surface area contributed by atoms with Crippen LogP contribution in [0.4, 0.5) is 0 Å². The zero-order valence-corrected chi connectivity index (χ0v) is 15.8. The van der Waals surface area contributed by atoms with Crippen molar-refractivity contribution in [1.82, 2.24) is 15.5 Å². The van der Waals surface area contributed by atoms with Crippen molar-refractivity contribution in [2.24, 2.45) is 0 Å². The van der Waals surface area contributed by atoms with E-state index in [-0.39, 0.29) is 0 Å². The summed E-state index contributed by atoms with van der Waals surface area (Å²) in [6, 6.07) is 18.3. The third-order valence-corrected chi connectivity index (χ3v) is 3.98. The van der Waals surface area contributed by atoms with Crippen molar-refractivity contribution in [3.63, 3.8) is 0 Å². The molecule has 5 heteroatoms. The Morgan fingerprint density at radius 2 is 1.68 bits per heavy atom. The molecule has 2 aromatic carbocycles. The van der Waals surface area contributed by atoms with Gasteiger partial charge in [0, 0.05) is 13.1 Å². The lowest BCUT2D eigenvalue weighted by Gasteiger charge is -2.13. The highest BCUT2D eigenvalue weighted by molar-refractivity contribution is 7.80. The maximum atomic E-state index is 5.79. The molecular formula is C20H27N3OS. The predicted octanol–water partition coefficient (Wildman–Crippen LogP) is 3.18. The fourth-order valence-corrected chi connectivity index (χ4v) is 2.46. The van der Waals surface area contributed by atoms with Crippen LogP contribution in [0, 0.1) is 0 Å². The van der Waals surface area contributed by atoms with E-state index in [1.165, 1.54) is 11.1 Å². The SMILES string of the molecule is CN(C)CCCNC(=S)NCc1ccc(OCc2ccccc2)cc1. The number of hydrogen-bond acceptors (Lipinski definition) is 3. The molecule has 0 heterocycles. The first-order chi connectivity index (χ1) is 12.1. The first-order valence-electron chi connectivity index (χ1n) is 8.55. The summed E-state index contributed by atoms with van der Waals surface area (Å²) >= 11 is 5.29. The number of nitrogens with zero attached hydrogens (tertiary/aromatic N) is 1. The summed E-state index contributed by atoms with van der Waals surface area (Å²) in [5, 5.41) is 7.15. The number of benzene rings is 2. The van der Waals surface area contributed by atoms with E-state index in [2.05, 4.69) is 53.9 Å². The molecule has 0 radical (unpaired) electrons. The largest absolute Gasteiger partial charge is 0.489 e. The normalized spacial score (nSPS) is 10.5. The molecule has 0 bridgehead atoms. The lowest BCUT2D eigenvalue weighted by molar-refractivity contribution is 0.306. The van der Waals surface area contributed by atoms with Crippen molar-refractivity contribution in [1.29, 1.82) is 0 Å². The van der Waals surface area contributed by atoms with Crippen LogP contribution in [0.25, 0.3) is 0 Å². The molecule has 0 aliphatic heterocycles. The molecule has 0 amide bonds. The zero-order chi connectivity index (χ0) is 17.9. The molecule has 0 saturated heterocycles. The van der Waals surface area contributed by atoms with Gasteiger partial charge in [-0.2, -0.15) is 0 Å². The van der Waals surface area contributed by atoms with Gasteiger partial charge >= 0.3 is 0 Å². The highest BCUT2D eigenvalue weighted by Crippen LogP contribution is 2.14. The maximum Gasteiger partial charge on any atom is 0.166 e. The fraction of sp³-hybridized carbons (Fsp3) is 0.350. The molecule has 0 unspecified atom stereocenters. The van der Waals surface area contributed by atoms with Crippen molar-refractivity contribution < 1.29 is 4.74 Å². The van der Waals surface area contributed by atoms with E-state index < -0.39 is 0 Å². The molecule has 2 N–H and O–H groups in total. The summed E-state index contributed by atoms with van der Waals surface area (Å²) < 4.78 is 5.79. The third kappa shape index (κ3) is 8.01. The van der Waals surface area contributed by atoms with E-state index in [9.17, 15) is 0 Å². The Hall–Kier alpha value is -2.11. The summed E-state index contributed by atoms with van der Waals surface area (Å²) in [6.45, 7) is 3.23. The fourth-order valence-electron chi connectivity index (χ4n) is 2.29. The second-order valence-corrected chi connectivity index (χ2v) is 6.59. The first kappa shape index (κ1) is 19.2. The Morgan fingerprint density at radius 1 is 0.960 bits per heavy atom. The van der Waals surface area contributed by atoms with Crippen LogP contribution in [0.3, 0.4) is 0 Å². The summed E-state index contributed by atoms with van der Waals surface area (Å²) in [4.78, 5) is 2.17. The number of ether oxygens (including phenoxy) is 1. The van der Waals surface area contributed by atoms with Crippen molar-refractivity contribution in [3.05, 3.63) is 65.7 Å². The molecular weight excluding hydrogens is 330 g/mol. The number of hydrogen-bond donors (Lipinski definition) is 2. The molecule has 0 aliphatic rings. The third-order valence-electron chi connectivity index (χ3n) is 3.69. The van der Waals surface area contributed by atoms with Gasteiger partial charge in [-0.1, -0.05) is 42.5 Å². The van der Waals surface area contributed by atoms with Gasteiger partial charge in [0.15, 0.2) is 5.11 Å². The Bertz CT molecular complexity index is 629. The van der Waals surface area contributed by atoms with E-state index in [1.807, 2.05) is 30.3 Å². The molecule has 2 rings (SSSR count). The van der Waals surface area contributed by atoms with E-state index in [1.54, 1.807) is 0 Å². The Kier molecular flexibility index (Phi) is 8.22. The maximum absolute atomic E-state index is 5.79. The van der Waals surface area contributed by atoms with Crippen molar-refractivity contribution in [2.75, 3.05) is 27.2 Å². The summed E-state index contributed by atoms with van der Waals surface area (Å²) in [5.41, 5.74) is 2.34. The number of thiocarbonyl (C=S) groups is 1. The van der Waals surface area contributed by atoms with Crippen molar-refractivity contribution in [2.45, 2.75) is 19.6 Å². The summed E-state index contributed by atoms with van der Waals surface area (Å²) in [5.74, 6) is 0.872. The number of nitrogens with one attached hydrogen (secondary N) is 2. The lowest BCUT2D eigenvalue weighted by Crippen LogP contribution is -2.36. The number of rotatable bonds is 9. The van der Waals surface area contributed by atoms with Gasteiger partial charge in [-0.15, -0.1) is 0 Å². The van der Waals surface area contributed by atoms with Crippen LogP contribution >= 0.6 is 12.2 Å². The molecule has 0 saturated carbocycles. The van der Waals surface area contributed by atoms with Crippen LogP contribution in [-0.4, -0.2) is 37.2 Å². The Balaban J connectivity index is 1.67. The Morgan fingerprint density at radius 3 is 2.36 bits per heavy atom. The van der Waals surface area contributed by atoms with Crippen LogP contribution in [0.5, 0.6) is 5.75 Å². The summed E-state index contributed by atoms with van der Waals surface area (Å²) in [7, 11) is 4.15. The highest BCUT2D eigenvalue weighted by atomic mass is 32.1. The second kappa shape index (κ2) is 10.7. The minimum Gasteiger partial charge on any atom is -0.489 e. The zero-order valence-electron chi connectivity index (χ0n) is 15.0. The van der Waals surface area contributed by atoms with Gasteiger partial charge in [-0.25, -0.2) is 0 Å². The molecule has 0 atom stereocenters. The average molecular weight is 358 g/mol. The smallest absolute Gasteiger partial charge is 0.166 e. The molecule has 0 fully saturated rings. The molecule has 2 aromatic rings. The van der Waals surface area contributed by atoms with Gasteiger partial charge in [0.1, 0.15) is 12.4 Å². The van der Waals surface area contributed by atoms with Crippen molar-refractivity contribution >= 4 is 17.3 Å². The van der Waals surface area contributed by atoms with E-state index >= 15 is 0 Å². The van der Waals surface area contributed by atoms with Gasteiger partial charge < -0.3 is 20.3 Å². The molecule has 0 spiro atoms. The minimum absolute atomic E-state index is 0.583. The van der Waals surface area contributed by atoms with E-state index in [4.69, 9.17) is 17.0 Å². The predicted molar refractivity (Wildman–Crippen MR) is 108 cm³/mol. The molecule has 4 nitrogen and oxygen atoms in total. The lowest BCUT2D eigenvalue weighted by atomic mass is 10.2. The van der Waals surface area contributed by atoms with E-state index in [0.29, 0.717) is 18.3 Å². The van der Waals surface area contributed by atoms with Crippen LogP contribution in [0.15, 0.2) is 54.6 Å². The van der Waals surface area contributed by atoms with Gasteiger partial charge in [-0.3, -0.25) is 0 Å². The first-order valence-corrected chi connectivity index (χ1v) is 8.96. The van der Waals surface area contributed by atoms with Crippen LogP contribution < -0.4 is 15.4 Å². The monoisotopic (exact) mass is 357 g/mol. The Labute approximate surface area is 156 Å². The van der Waals surface area contributed by atoms with Crippen LogP contribution in [0.2, 0.25) is 0 Å². The van der Waals surface area contributed by atoms with E-state index in [0.717, 1.165) is 25.3 Å². The van der Waals surface area contributed by atoms with Crippen molar-refractivity contribution in [3.8, 4) is 5.75 Å². The standard InChI is InChI=1S/C20H27N3OS/c1-23(2)14-6-13-21-20(25)22-15-17-9-11-19(12-10-17)24-16-18-7-4-3-5-8-18/h3-5,7-12H,6,13-16H2,1-2H3,(H2,21,22,25). The van der Waals surface area contributed by atoms with Crippen LogP contribution in [0.1, 0.15) is 17.5 Å². The average Bonchev–Trinajstić information content (AvgIpc) is 2.63. The van der Waals surface area contributed by atoms with Gasteiger partial charge in [0.05, 0.1) is 0 Å². The van der Waals surface area contributed by atoms with Gasteiger partial charge in [-0.05, 0) is 62.5 Å². The van der Waals surface area contributed by atoms with Gasteiger partial charge in [0.2, 0.25) is 0 Å². The molecule has 0 aliphatic carbocycles. The topological polar surface area (TPSA) is 36.5 Å². The summed E-state index contributed by atoms with van der Waals surface area (Å²) in [6.07, 6.45) is 1.07. The second-order valence-electron chi connectivity index (χ2n) is 6.18. The quantitative estimate of drug-likeness (QED) is 0.532. The van der Waals surface area contributed by atoms with Crippen LogP contribution in [-0.2, 0) is 13.2 Å². The van der Waals surface area contributed by atoms with Gasteiger partial charge in [0.25, 0.3) is 0 Å².